The Morgan fingerprint density at radius 1 is 1.46 bits per heavy atom. The van der Waals surface area contributed by atoms with Crippen molar-refractivity contribution in [3.05, 3.63) is 35.8 Å². The molecule has 0 spiro atoms. The molecular weight excluding hydrogens is 315 g/mol. The number of hydrogen-bond donors (Lipinski definition) is 3. The molecule has 6 nitrogen and oxygen atoms in total. The number of fused-ring (bicyclic) bond motifs is 1. The molecule has 0 aliphatic carbocycles. The van der Waals surface area contributed by atoms with E-state index in [0.29, 0.717) is 25.2 Å². The lowest BCUT2D eigenvalue weighted by atomic mass is 9.99. The summed E-state index contributed by atoms with van der Waals surface area (Å²) >= 11 is 0. The molecule has 0 unspecified atom stereocenters. The summed E-state index contributed by atoms with van der Waals surface area (Å²) in [5, 5.41) is 12.8. The van der Waals surface area contributed by atoms with Crippen molar-refractivity contribution in [3.8, 4) is 0 Å². The van der Waals surface area contributed by atoms with Crippen LogP contribution in [-0.4, -0.2) is 41.2 Å². The van der Waals surface area contributed by atoms with E-state index in [9.17, 15) is 19.1 Å². The molecule has 1 aromatic heterocycles. The number of aliphatic carboxylic acids is 1. The lowest BCUT2D eigenvalue weighted by molar-refractivity contribution is -0.143. The van der Waals surface area contributed by atoms with Gasteiger partial charge < -0.3 is 20.1 Å². The highest BCUT2D eigenvalue weighted by atomic mass is 19.1. The van der Waals surface area contributed by atoms with Gasteiger partial charge in [-0.15, -0.1) is 0 Å². The van der Waals surface area contributed by atoms with Crippen LogP contribution in [0.2, 0.25) is 0 Å². The van der Waals surface area contributed by atoms with Crippen LogP contribution in [0.15, 0.2) is 24.4 Å². The van der Waals surface area contributed by atoms with Crippen molar-refractivity contribution in [1.82, 2.24) is 10.3 Å². The molecule has 7 heteroatoms. The minimum Gasteiger partial charge on any atom is -0.480 e. The van der Waals surface area contributed by atoms with Gasteiger partial charge in [0.15, 0.2) is 0 Å². The van der Waals surface area contributed by atoms with Crippen LogP contribution in [0.5, 0.6) is 0 Å². The number of amides is 1. The minimum absolute atomic E-state index is 0.125. The van der Waals surface area contributed by atoms with Gasteiger partial charge in [-0.3, -0.25) is 4.79 Å². The van der Waals surface area contributed by atoms with Crippen molar-refractivity contribution in [2.45, 2.75) is 25.3 Å². The normalized spacial score (nSPS) is 19.1. The van der Waals surface area contributed by atoms with Crippen LogP contribution in [0.1, 0.15) is 18.4 Å². The third-order valence-corrected chi connectivity index (χ3v) is 4.30. The van der Waals surface area contributed by atoms with Crippen LogP contribution in [0, 0.1) is 11.7 Å². The maximum absolute atomic E-state index is 13.2. The van der Waals surface area contributed by atoms with Gasteiger partial charge in [0.25, 0.3) is 0 Å². The fourth-order valence-electron chi connectivity index (χ4n) is 2.98. The van der Waals surface area contributed by atoms with E-state index >= 15 is 0 Å². The number of benzene rings is 1. The second-order valence-electron chi connectivity index (χ2n) is 6.02. The Hall–Kier alpha value is -2.41. The molecule has 1 aliphatic heterocycles. The second kappa shape index (κ2) is 7.00. The monoisotopic (exact) mass is 334 g/mol. The molecule has 0 saturated carbocycles. The summed E-state index contributed by atoms with van der Waals surface area (Å²) in [6.07, 6.45) is 3.27. The zero-order valence-corrected chi connectivity index (χ0v) is 13.0. The van der Waals surface area contributed by atoms with Gasteiger partial charge >= 0.3 is 5.97 Å². The number of ether oxygens (including phenoxy) is 1. The van der Waals surface area contributed by atoms with Gasteiger partial charge in [0.05, 0.1) is 12.5 Å². The Labute approximate surface area is 138 Å². The van der Waals surface area contributed by atoms with Gasteiger partial charge in [0, 0.05) is 30.1 Å². The highest BCUT2D eigenvalue weighted by molar-refractivity contribution is 5.87. The number of rotatable bonds is 5. The van der Waals surface area contributed by atoms with E-state index in [2.05, 4.69) is 10.3 Å². The summed E-state index contributed by atoms with van der Waals surface area (Å²) in [6.45, 7) is 0.961. The average molecular weight is 334 g/mol. The lowest BCUT2D eigenvalue weighted by Gasteiger charge is -2.23. The molecule has 3 N–H and O–H groups in total. The number of carbonyl (C=O) groups is 2. The average Bonchev–Trinajstić information content (AvgIpc) is 2.96. The van der Waals surface area contributed by atoms with Crippen LogP contribution in [0.25, 0.3) is 10.9 Å². The van der Waals surface area contributed by atoms with E-state index in [4.69, 9.17) is 4.74 Å². The zero-order chi connectivity index (χ0) is 17.1. The molecule has 2 atom stereocenters. The van der Waals surface area contributed by atoms with E-state index in [-0.39, 0.29) is 24.1 Å². The molecule has 0 radical (unpaired) electrons. The van der Waals surface area contributed by atoms with Gasteiger partial charge in [0.1, 0.15) is 11.9 Å². The van der Waals surface area contributed by atoms with Crippen LogP contribution < -0.4 is 5.32 Å². The number of H-pyrrole nitrogens is 1. The highest BCUT2D eigenvalue weighted by Crippen LogP contribution is 2.21. The summed E-state index contributed by atoms with van der Waals surface area (Å²) in [5.74, 6) is -2.07. The number of halogens is 1. The number of aromatic amines is 1. The third kappa shape index (κ3) is 3.56. The first-order valence-corrected chi connectivity index (χ1v) is 7.91. The van der Waals surface area contributed by atoms with Crippen molar-refractivity contribution >= 4 is 22.8 Å². The molecule has 2 heterocycles. The molecule has 2 aromatic rings. The molecule has 1 aliphatic rings. The Bertz CT molecular complexity index is 752. The van der Waals surface area contributed by atoms with Crippen LogP contribution in [0.3, 0.4) is 0 Å². The first kappa shape index (κ1) is 16.4. The van der Waals surface area contributed by atoms with Gasteiger partial charge in [0.2, 0.25) is 5.91 Å². The molecule has 1 aromatic carbocycles. The van der Waals surface area contributed by atoms with Crippen molar-refractivity contribution in [3.63, 3.8) is 0 Å². The van der Waals surface area contributed by atoms with Gasteiger partial charge in [-0.1, -0.05) is 0 Å². The summed E-state index contributed by atoms with van der Waals surface area (Å²) in [7, 11) is 0. The smallest absolute Gasteiger partial charge is 0.326 e. The Morgan fingerprint density at radius 2 is 2.29 bits per heavy atom. The van der Waals surface area contributed by atoms with E-state index in [1.807, 2.05) is 0 Å². The third-order valence-electron chi connectivity index (χ3n) is 4.30. The topological polar surface area (TPSA) is 91.4 Å². The second-order valence-corrected chi connectivity index (χ2v) is 6.02. The number of carboxylic acid groups (broad SMARTS) is 1. The molecule has 1 fully saturated rings. The summed E-state index contributed by atoms with van der Waals surface area (Å²) in [4.78, 5) is 26.7. The Balaban J connectivity index is 1.73. The van der Waals surface area contributed by atoms with Gasteiger partial charge in [-0.2, -0.15) is 0 Å². The predicted molar refractivity (Wildman–Crippen MR) is 85.1 cm³/mol. The summed E-state index contributed by atoms with van der Waals surface area (Å²) < 4.78 is 18.5. The van der Waals surface area contributed by atoms with E-state index in [1.165, 1.54) is 12.1 Å². The fourth-order valence-corrected chi connectivity index (χ4v) is 2.98. The van der Waals surface area contributed by atoms with Crippen LogP contribution in [-0.2, 0) is 20.7 Å². The van der Waals surface area contributed by atoms with Crippen LogP contribution in [0.4, 0.5) is 4.39 Å². The standard InChI is InChI=1S/C17H19FN2O4/c18-12-3-4-13-11(8-19-14(13)7-12)6-15(17(22)23)20-16(21)10-2-1-5-24-9-10/h3-4,7-8,10,15,19H,1-2,5-6,9H2,(H,20,21)(H,22,23)/t10-,15+/m0/s1. The summed E-state index contributed by atoms with van der Waals surface area (Å²) in [6, 6.07) is 3.25. The Kier molecular flexibility index (Phi) is 4.80. The summed E-state index contributed by atoms with van der Waals surface area (Å²) in [5.41, 5.74) is 1.32. The van der Waals surface area contributed by atoms with Crippen molar-refractivity contribution < 1.29 is 23.8 Å². The number of carbonyl (C=O) groups excluding carboxylic acids is 1. The van der Waals surface area contributed by atoms with Crippen molar-refractivity contribution in [1.29, 1.82) is 0 Å². The number of carboxylic acids is 1. The van der Waals surface area contributed by atoms with E-state index in [0.717, 1.165) is 17.4 Å². The van der Waals surface area contributed by atoms with E-state index < -0.39 is 12.0 Å². The quantitative estimate of drug-likeness (QED) is 0.778. The molecule has 1 saturated heterocycles. The van der Waals surface area contributed by atoms with Crippen molar-refractivity contribution in [2.75, 3.05) is 13.2 Å². The first-order chi connectivity index (χ1) is 11.5. The molecule has 24 heavy (non-hydrogen) atoms. The molecule has 1 amide bonds. The van der Waals surface area contributed by atoms with Gasteiger partial charge in [-0.05, 0) is 36.6 Å². The SMILES string of the molecule is O=C(N[C@H](Cc1c[nH]c2cc(F)ccc12)C(=O)O)[C@H]1CCCOC1. The zero-order valence-electron chi connectivity index (χ0n) is 13.0. The van der Waals surface area contributed by atoms with Gasteiger partial charge in [-0.25, -0.2) is 9.18 Å². The van der Waals surface area contributed by atoms with Crippen molar-refractivity contribution in [2.24, 2.45) is 5.92 Å². The molecule has 3 rings (SSSR count). The lowest BCUT2D eigenvalue weighted by Crippen LogP contribution is -2.46. The molecule has 128 valence electrons. The highest BCUT2D eigenvalue weighted by Gasteiger charge is 2.27. The maximum Gasteiger partial charge on any atom is 0.326 e. The predicted octanol–water partition coefficient (Wildman–Crippen LogP) is 1.85. The molecule has 0 bridgehead atoms. The number of nitrogens with one attached hydrogen (secondary N) is 2. The van der Waals surface area contributed by atoms with E-state index in [1.54, 1.807) is 12.3 Å². The van der Waals surface area contributed by atoms with Crippen LogP contribution >= 0.6 is 0 Å². The molecular formula is C17H19FN2O4. The first-order valence-electron chi connectivity index (χ1n) is 7.91. The number of hydrogen-bond acceptors (Lipinski definition) is 3. The fraction of sp³-hybridized carbons (Fsp3) is 0.412. The largest absolute Gasteiger partial charge is 0.480 e. The minimum atomic E-state index is -1.10. The number of aromatic nitrogens is 1. The Morgan fingerprint density at radius 3 is 3.00 bits per heavy atom. The maximum atomic E-state index is 13.2.